The first-order chi connectivity index (χ1) is 23.6. The highest BCUT2D eigenvalue weighted by atomic mass is 35.5. The molecule has 3 N–H and O–H groups in total. The number of halogens is 1. The van der Waals surface area contributed by atoms with Gasteiger partial charge in [0.25, 0.3) is 0 Å². The zero-order valence-electron chi connectivity index (χ0n) is 31.4. The number of hydrogen-bond acceptors (Lipinski definition) is 9. The van der Waals surface area contributed by atoms with Gasteiger partial charge in [0.15, 0.2) is 8.32 Å². The number of alkyl carbamates (subject to hydrolysis) is 1. The maximum absolute atomic E-state index is 14.1. The number of esters is 1. The van der Waals surface area contributed by atoms with Crippen LogP contribution in [0.1, 0.15) is 65.0 Å². The predicted octanol–water partition coefficient (Wildman–Crippen LogP) is 5.02. The van der Waals surface area contributed by atoms with E-state index < -0.39 is 67.9 Å². The first-order valence-electron chi connectivity index (χ1n) is 17.5. The van der Waals surface area contributed by atoms with Crippen molar-refractivity contribution in [3.63, 3.8) is 0 Å². The smallest absolute Gasteiger partial charge is 0.409 e. The van der Waals surface area contributed by atoms with Crippen LogP contribution in [-0.2, 0) is 35.0 Å². The van der Waals surface area contributed by atoms with Crippen molar-refractivity contribution in [2.75, 3.05) is 19.0 Å². The third kappa shape index (κ3) is 9.42. The van der Waals surface area contributed by atoms with Crippen LogP contribution in [0.25, 0.3) is 0 Å². The summed E-state index contributed by atoms with van der Waals surface area (Å²) in [5.41, 5.74) is 0.470. The van der Waals surface area contributed by atoms with E-state index in [0.29, 0.717) is 23.2 Å². The van der Waals surface area contributed by atoms with Crippen LogP contribution in [0.15, 0.2) is 35.9 Å². The number of benzene rings is 1. The first kappa shape index (κ1) is 40.5. The van der Waals surface area contributed by atoms with Gasteiger partial charge in [-0.25, -0.2) is 9.59 Å². The van der Waals surface area contributed by atoms with Gasteiger partial charge in [-0.1, -0.05) is 55.3 Å². The van der Waals surface area contributed by atoms with Crippen molar-refractivity contribution in [3.05, 3.63) is 52.1 Å². The summed E-state index contributed by atoms with van der Waals surface area (Å²) in [6, 6.07) is 3.18. The largest absolute Gasteiger partial charge is 0.457 e. The number of carbonyl (C=O) groups excluding carboxylic acids is 4. The molecule has 0 aliphatic carbocycles. The lowest BCUT2D eigenvalue weighted by Gasteiger charge is -2.41. The number of nitrogens with zero attached hydrogens (tertiary/aromatic N) is 2. The van der Waals surface area contributed by atoms with Gasteiger partial charge in [0.2, 0.25) is 11.8 Å². The minimum Gasteiger partial charge on any atom is -0.457 e. The number of epoxide rings is 1. The molecular formula is C37H54ClN3O9Si. The number of fused-ring (bicyclic) bond motifs is 5. The van der Waals surface area contributed by atoms with Crippen molar-refractivity contribution in [2.24, 2.45) is 11.8 Å². The van der Waals surface area contributed by atoms with E-state index in [1.165, 1.54) is 16.8 Å². The Bertz CT molecular complexity index is 1600. The molecule has 0 saturated carbocycles. The first-order valence-corrected chi connectivity index (χ1v) is 21.1. The van der Waals surface area contributed by atoms with E-state index in [-0.39, 0.29) is 31.1 Å². The minimum absolute atomic E-state index is 0.0667. The zero-order valence-corrected chi connectivity index (χ0v) is 33.2. The maximum Gasteiger partial charge on any atom is 0.409 e. The number of hydrogen-bond donors (Lipinski definition) is 3. The molecule has 3 amide bonds. The Balaban J connectivity index is 1.71. The highest BCUT2D eigenvalue weighted by molar-refractivity contribution is 6.69. The fraction of sp³-hybridized carbons (Fsp3) is 0.622. The quantitative estimate of drug-likeness (QED) is 0.206. The number of carbonyl (C=O) groups is 4. The number of likely N-dealkylation sites (N-methyl/N-ethyl adjacent to an activating group) is 1. The van der Waals surface area contributed by atoms with Gasteiger partial charge in [-0.3, -0.25) is 14.9 Å². The Labute approximate surface area is 307 Å². The fourth-order valence-corrected chi connectivity index (χ4v) is 7.81. The van der Waals surface area contributed by atoms with E-state index in [4.69, 9.17) is 25.8 Å². The summed E-state index contributed by atoms with van der Waals surface area (Å²) in [6.45, 7) is 14.3. The molecule has 14 heteroatoms. The number of allylic oxidation sites excluding steroid dienone is 3. The summed E-state index contributed by atoms with van der Waals surface area (Å²) >= 11 is 6.76. The monoisotopic (exact) mass is 747 g/mol. The van der Waals surface area contributed by atoms with Crippen LogP contribution in [0.4, 0.5) is 10.5 Å². The van der Waals surface area contributed by atoms with E-state index in [1.54, 1.807) is 34.0 Å². The van der Waals surface area contributed by atoms with Crippen molar-refractivity contribution in [3.8, 4) is 0 Å². The Morgan fingerprint density at radius 3 is 2.55 bits per heavy atom. The summed E-state index contributed by atoms with van der Waals surface area (Å²) < 4.78 is 18.0. The molecule has 4 bridgehead atoms. The van der Waals surface area contributed by atoms with Crippen LogP contribution in [-0.4, -0.2) is 96.8 Å². The Morgan fingerprint density at radius 2 is 1.90 bits per heavy atom. The number of rotatable bonds is 6. The van der Waals surface area contributed by atoms with Gasteiger partial charge < -0.3 is 33.9 Å². The van der Waals surface area contributed by atoms with Crippen LogP contribution in [0.2, 0.25) is 24.2 Å². The van der Waals surface area contributed by atoms with Crippen LogP contribution < -0.4 is 10.2 Å². The molecule has 0 unspecified atom stereocenters. The SMILES string of the molecule is C/C1=C\C=C\[C@@H](C)[C@@]2(O)C[C@H](OC(=O)N2)[C@@H](C)[C@@H]2O[C@]2(C)[C@@H](OC(=O)[C@H](C)N(C)C(=O)CC[Si](C)(C)O)CC(=O)N(C)c2cc(cc(C)c2Cl)C1. The summed E-state index contributed by atoms with van der Waals surface area (Å²) in [6.07, 6.45) is 2.83. The maximum atomic E-state index is 14.1. The van der Waals surface area contributed by atoms with Crippen molar-refractivity contribution < 1.29 is 43.3 Å². The molecule has 4 rings (SSSR count). The van der Waals surface area contributed by atoms with Gasteiger partial charge in [0.05, 0.1) is 23.2 Å². The van der Waals surface area contributed by atoms with E-state index in [1.807, 2.05) is 58.1 Å². The normalized spacial score (nSPS) is 32.4. The number of aryl methyl sites for hydroxylation is 1. The third-order valence-corrected chi connectivity index (χ3v) is 12.6. The molecular weight excluding hydrogens is 694 g/mol. The second-order valence-electron chi connectivity index (χ2n) is 15.5. The summed E-state index contributed by atoms with van der Waals surface area (Å²) in [5, 5.41) is 14.6. The minimum atomic E-state index is -2.49. The van der Waals surface area contributed by atoms with Crippen LogP contribution in [0.3, 0.4) is 0 Å². The van der Waals surface area contributed by atoms with E-state index in [9.17, 15) is 29.1 Å². The molecule has 2 fully saturated rings. The van der Waals surface area contributed by atoms with Crippen molar-refractivity contribution in [1.82, 2.24) is 10.2 Å². The van der Waals surface area contributed by atoms with Gasteiger partial charge in [-0.2, -0.15) is 0 Å². The van der Waals surface area contributed by atoms with Gasteiger partial charge in [0, 0.05) is 38.8 Å². The standard InChI is InChI=1S/C37H54ClN3O9Si/c1-21-12-11-13-23(3)37(46)20-28(48-35(45)39-37)24(4)33-36(6,50-33)29(49-34(44)25(5)40(7)30(42)14-15-51(9,10)47)19-31(43)41(8)27-18-26(16-21)17-22(2)32(27)38/h11-13,17-18,23-25,28-29,33,46-47H,14-16,19-20H2,1-10H3,(H,39,45)/b13-11+,21-12+/t23-,24-,25+,28+,29+,33+,36-,37+/m1/s1. The molecule has 12 nitrogen and oxygen atoms in total. The number of aliphatic hydroxyl groups is 1. The van der Waals surface area contributed by atoms with Crippen LogP contribution in [0, 0.1) is 18.8 Å². The number of ether oxygens (including phenoxy) is 3. The fourth-order valence-electron chi connectivity index (χ4n) is 6.75. The number of nitrogens with one attached hydrogen (secondary N) is 1. The molecule has 0 aromatic heterocycles. The van der Waals surface area contributed by atoms with E-state index >= 15 is 0 Å². The molecule has 51 heavy (non-hydrogen) atoms. The molecule has 0 radical (unpaired) electrons. The van der Waals surface area contributed by atoms with Crippen LogP contribution in [0.5, 0.6) is 0 Å². The second kappa shape index (κ2) is 15.4. The zero-order chi connectivity index (χ0) is 38.2. The highest BCUT2D eigenvalue weighted by Gasteiger charge is 2.64. The molecule has 3 aliphatic rings. The van der Waals surface area contributed by atoms with Gasteiger partial charge in [-0.05, 0) is 70.4 Å². The Hall–Kier alpha value is -3.23. The lowest BCUT2D eigenvalue weighted by atomic mass is 9.82. The average Bonchev–Trinajstić information content (AvgIpc) is 3.74. The summed E-state index contributed by atoms with van der Waals surface area (Å²) in [5.74, 6) is -2.37. The lowest BCUT2D eigenvalue weighted by molar-refractivity contribution is -0.162. The molecule has 0 spiro atoms. The van der Waals surface area contributed by atoms with E-state index in [2.05, 4.69) is 5.32 Å². The molecule has 282 valence electrons. The van der Waals surface area contributed by atoms with Crippen molar-refractivity contribution in [2.45, 2.75) is 122 Å². The summed E-state index contributed by atoms with van der Waals surface area (Å²) in [7, 11) is 0.633. The van der Waals surface area contributed by atoms with Crippen molar-refractivity contribution >= 4 is 49.5 Å². The van der Waals surface area contributed by atoms with Crippen molar-refractivity contribution in [1.29, 1.82) is 0 Å². The average molecular weight is 748 g/mol. The lowest BCUT2D eigenvalue weighted by Crippen LogP contribution is -2.60. The molecule has 3 aliphatic heterocycles. The molecule has 1 aromatic rings. The highest BCUT2D eigenvalue weighted by Crippen LogP contribution is 2.49. The van der Waals surface area contributed by atoms with Crippen LogP contribution >= 0.6 is 11.6 Å². The predicted molar refractivity (Wildman–Crippen MR) is 197 cm³/mol. The molecule has 2 saturated heterocycles. The molecule has 8 atom stereocenters. The van der Waals surface area contributed by atoms with Gasteiger partial charge in [-0.15, -0.1) is 0 Å². The summed E-state index contributed by atoms with van der Waals surface area (Å²) in [4.78, 5) is 66.4. The molecule has 1 aromatic carbocycles. The third-order valence-electron chi connectivity index (χ3n) is 10.6. The number of anilines is 1. The second-order valence-corrected chi connectivity index (χ2v) is 20.0. The Morgan fingerprint density at radius 1 is 1.24 bits per heavy atom. The Kier molecular flexibility index (Phi) is 12.2. The topological polar surface area (TPSA) is 158 Å². The van der Waals surface area contributed by atoms with Gasteiger partial charge in [0.1, 0.15) is 29.6 Å². The number of amides is 3. The van der Waals surface area contributed by atoms with E-state index in [0.717, 1.165) is 16.7 Å². The molecule has 3 heterocycles. The van der Waals surface area contributed by atoms with Gasteiger partial charge >= 0.3 is 12.1 Å².